The third-order valence-corrected chi connectivity index (χ3v) is 11.6. The number of nitrogens with one attached hydrogen (secondary N) is 2. The van der Waals surface area contributed by atoms with Crippen molar-refractivity contribution in [3.05, 3.63) is 198 Å². The lowest BCUT2D eigenvalue weighted by Gasteiger charge is -2.40. The van der Waals surface area contributed by atoms with Gasteiger partial charge in [-0.15, -0.1) is 5.98 Å². The van der Waals surface area contributed by atoms with Crippen LogP contribution in [0, 0.1) is 0 Å². The molecule has 8 aromatic rings. The Labute approximate surface area is 301 Å². The fourth-order valence-corrected chi connectivity index (χ4v) is 9.29. The second kappa shape index (κ2) is 10.4. The molecule has 0 spiro atoms. The van der Waals surface area contributed by atoms with Crippen LogP contribution in [0.3, 0.4) is 0 Å². The second-order valence-corrected chi connectivity index (χ2v) is 14.2. The molecule has 3 nitrogen and oxygen atoms in total. The number of nitrogens with zero attached hydrogens (tertiary/aromatic N) is 1. The first kappa shape index (κ1) is 28.0. The first-order valence-corrected chi connectivity index (χ1v) is 18.1. The summed E-state index contributed by atoms with van der Waals surface area (Å²) >= 11 is 0. The lowest BCUT2D eigenvalue weighted by Crippen LogP contribution is -2.40. The Kier molecular flexibility index (Phi) is 5.58. The molecule has 0 aliphatic carbocycles. The number of H-pyrrole nitrogens is 2. The third kappa shape index (κ3) is 3.76. The number of benzene rings is 6. The van der Waals surface area contributed by atoms with Crippen molar-refractivity contribution in [2.45, 2.75) is 0 Å². The molecule has 52 heavy (non-hydrogen) atoms. The molecule has 0 amide bonds. The summed E-state index contributed by atoms with van der Waals surface area (Å²) in [5.41, 5.74) is 19.8. The number of aromatic amines is 2. The SMILES string of the molecule is C1=CB2C(=C3C(=C4C=C(c5cccc6c5[nH]c5ccccc56)C=CN4c4ccc(-c5cccc6c5[nH]c5ccccc56)cc43)c3ccccc32)C=C1. The molecule has 2 N–H and O–H groups in total. The Balaban J connectivity index is 1.12. The van der Waals surface area contributed by atoms with E-state index in [4.69, 9.17) is 0 Å². The van der Waals surface area contributed by atoms with Gasteiger partial charge in [0, 0.05) is 61.0 Å². The number of aromatic nitrogens is 2. The average molecular weight is 660 g/mol. The van der Waals surface area contributed by atoms with Crippen LogP contribution in [-0.2, 0) is 0 Å². The van der Waals surface area contributed by atoms with E-state index < -0.39 is 0 Å². The van der Waals surface area contributed by atoms with Gasteiger partial charge < -0.3 is 14.9 Å². The van der Waals surface area contributed by atoms with Crippen molar-refractivity contribution >= 4 is 78.2 Å². The van der Waals surface area contributed by atoms with Gasteiger partial charge in [0.2, 0.25) is 6.71 Å². The van der Waals surface area contributed by atoms with Gasteiger partial charge in [0.25, 0.3) is 0 Å². The van der Waals surface area contributed by atoms with Crippen molar-refractivity contribution in [3.8, 4) is 11.1 Å². The van der Waals surface area contributed by atoms with E-state index in [0.717, 1.165) is 11.0 Å². The molecular weight excluding hydrogens is 629 g/mol. The van der Waals surface area contributed by atoms with E-state index in [1.54, 1.807) is 0 Å². The second-order valence-electron chi connectivity index (χ2n) is 14.2. The standard InChI is InChI=1S/C48H30BN3/c1-4-18-39-37(13-1)46-44-28-30(32-15-10-17-36-34-12-3-6-21-42(34)51-48(32)36)24-26-52(44)43-23-22-29(27-38(43)45(46)40-19-7-8-25-49(39)40)31-14-9-16-35-33-11-2-5-20-41(33)50-47(31)35/h1-28,50-51H. The maximum atomic E-state index is 3.75. The molecule has 4 heteroatoms. The Bertz CT molecular complexity index is 3080. The highest BCUT2D eigenvalue weighted by atomic mass is 15.1. The average Bonchev–Trinajstić information content (AvgIpc) is 3.79. The van der Waals surface area contributed by atoms with Crippen molar-refractivity contribution < 1.29 is 0 Å². The minimum atomic E-state index is 0.198. The van der Waals surface area contributed by atoms with Crippen molar-refractivity contribution in [3.63, 3.8) is 0 Å². The van der Waals surface area contributed by atoms with Gasteiger partial charge >= 0.3 is 0 Å². The summed E-state index contributed by atoms with van der Waals surface area (Å²) in [6.07, 6.45) is 13.7. The fraction of sp³-hybridized carbons (Fsp3) is 0. The number of hydrogen-bond donors (Lipinski definition) is 2. The molecular formula is C48H30BN3. The monoisotopic (exact) mass is 659 g/mol. The van der Waals surface area contributed by atoms with Crippen LogP contribution >= 0.6 is 0 Å². The van der Waals surface area contributed by atoms with Crippen LogP contribution in [0.1, 0.15) is 16.7 Å². The summed E-state index contributed by atoms with van der Waals surface area (Å²) in [6.45, 7) is 0.198. The van der Waals surface area contributed by atoms with E-state index >= 15 is 0 Å². The van der Waals surface area contributed by atoms with Gasteiger partial charge in [-0.25, -0.2) is 0 Å². The quantitative estimate of drug-likeness (QED) is 0.178. The van der Waals surface area contributed by atoms with Crippen molar-refractivity contribution in [1.82, 2.24) is 9.97 Å². The highest BCUT2D eigenvalue weighted by molar-refractivity contribution is 6.88. The van der Waals surface area contributed by atoms with Gasteiger partial charge in [0.15, 0.2) is 0 Å². The maximum absolute atomic E-state index is 3.75. The lowest BCUT2D eigenvalue weighted by atomic mass is 9.35. The van der Waals surface area contributed by atoms with E-state index in [1.165, 1.54) is 99.4 Å². The third-order valence-electron chi connectivity index (χ3n) is 11.6. The van der Waals surface area contributed by atoms with E-state index in [1.807, 2.05) is 0 Å². The van der Waals surface area contributed by atoms with Crippen LogP contribution in [0.15, 0.2) is 181 Å². The summed E-state index contributed by atoms with van der Waals surface area (Å²) in [6, 6.07) is 46.6. The van der Waals surface area contributed by atoms with Gasteiger partial charge in [-0.2, -0.15) is 0 Å². The smallest absolute Gasteiger partial charge is 0.235 e. The first-order valence-electron chi connectivity index (χ1n) is 18.1. The maximum Gasteiger partial charge on any atom is 0.235 e. The highest BCUT2D eigenvalue weighted by Crippen LogP contribution is 2.52. The van der Waals surface area contributed by atoms with E-state index in [2.05, 4.69) is 185 Å². The van der Waals surface area contributed by atoms with Gasteiger partial charge in [-0.1, -0.05) is 132 Å². The highest BCUT2D eigenvalue weighted by Gasteiger charge is 2.39. The summed E-state index contributed by atoms with van der Waals surface area (Å²) in [7, 11) is 0. The van der Waals surface area contributed by atoms with E-state index in [-0.39, 0.29) is 6.71 Å². The molecule has 0 atom stereocenters. The van der Waals surface area contributed by atoms with E-state index in [9.17, 15) is 0 Å². The van der Waals surface area contributed by atoms with Crippen molar-refractivity contribution in [2.75, 3.05) is 4.90 Å². The molecule has 0 saturated heterocycles. The summed E-state index contributed by atoms with van der Waals surface area (Å²) in [5.74, 6) is 2.36. The number of hydrogen-bond acceptors (Lipinski definition) is 1. The Hall–Kier alpha value is -6.78. The van der Waals surface area contributed by atoms with Crippen LogP contribution in [0.2, 0.25) is 0 Å². The zero-order chi connectivity index (χ0) is 33.9. The van der Waals surface area contributed by atoms with Gasteiger partial charge in [0.1, 0.15) is 0 Å². The molecule has 0 bridgehead atoms. The van der Waals surface area contributed by atoms with Crippen LogP contribution in [0.25, 0.3) is 71.5 Å². The molecule has 2 aromatic heterocycles. The first-order chi connectivity index (χ1) is 25.8. The Morgan fingerprint density at radius 3 is 2.00 bits per heavy atom. The topological polar surface area (TPSA) is 34.8 Å². The minimum absolute atomic E-state index is 0.198. The van der Waals surface area contributed by atoms with Gasteiger partial charge in [0.05, 0.1) is 22.4 Å². The number of allylic oxidation sites excluding steroid dienone is 9. The fourth-order valence-electron chi connectivity index (χ4n) is 9.29. The molecule has 4 aliphatic rings. The zero-order valence-corrected chi connectivity index (χ0v) is 28.2. The van der Waals surface area contributed by atoms with Crippen LogP contribution in [0.4, 0.5) is 5.69 Å². The van der Waals surface area contributed by atoms with Gasteiger partial charge in [-0.3, -0.25) is 0 Å². The molecule has 6 aromatic carbocycles. The number of para-hydroxylation sites is 4. The Morgan fingerprint density at radius 2 is 1.19 bits per heavy atom. The molecule has 0 radical (unpaired) electrons. The molecule has 0 fully saturated rings. The normalized spacial score (nSPS) is 15.7. The molecule has 0 saturated carbocycles. The number of anilines is 1. The van der Waals surface area contributed by atoms with Crippen molar-refractivity contribution in [1.29, 1.82) is 0 Å². The van der Waals surface area contributed by atoms with E-state index in [0.29, 0.717) is 0 Å². The van der Waals surface area contributed by atoms with Crippen molar-refractivity contribution in [2.24, 2.45) is 0 Å². The molecule has 12 rings (SSSR count). The minimum Gasteiger partial charge on any atom is -0.354 e. The lowest BCUT2D eigenvalue weighted by molar-refractivity contribution is 1.17. The number of fused-ring (bicyclic) bond motifs is 15. The van der Waals surface area contributed by atoms with Crippen LogP contribution in [-0.4, -0.2) is 16.7 Å². The predicted octanol–water partition coefficient (Wildman–Crippen LogP) is 11.1. The molecule has 6 heterocycles. The van der Waals surface area contributed by atoms with Gasteiger partial charge in [-0.05, 0) is 58.7 Å². The number of rotatable bonds is 2. The van der Waals surface area contributed by atoms with Crippen LogP contribution < -0.4 is 10.4 Å². The molecule has 4 aliphatic heterocycles. The molecule has 0 unspecified atom stereocenters. The summed E-state index contributed by atoms with van der Waals surface area (Å²) < 4.78 is 0. The summed E-state index contributed by atoms with van der Waals surface area (Å²) in [5, 5.41) is 5.02. The zero-order valence-electron chi connectivity index (χ0n) is 28.2. The Morgan fingerprint density at radius 1 is 0.519 bits per heavy atom. The van der Waals surface area contributed by atoms with Crippen LogP contribution in [0.5, 0.6) is 0 Å². The predicted molar refractivity (Wildman–Crippen MR) is 221 cm³/mol. The largest absolute Gasteiger partial charge is 0.354 e. The molecule has 240 valence electrons. The summed E-state index contributed by atoms with van der Waals surface area (Å²) in [4.78, 5) is 9.92.